The minimum Gasteiger partial charge on any atom is -0.388 e. The Kier molecular flexibility index (Phi) is 3.83. The lowest BCUT2D eigenvalue weighted by atomic mass is 10.1. The highest BCUT2D eigenvalue weighted by molar-refractivity contribution is 4.83. The third-order valence-electron chi connectivity index (χ3n) is 1.83. The van der Waals surface area contributed by atoms with Gasteiger partial charge in [0.2, 0.25) is 0 Å². The highest BCUT2D eigenvalue weighted by atomic mass is 16.7. The van der Waals surface area contributed by atoms with Gasteiger partial charge in [-0.05, 0) is 0 Å². The monoisotopic (exact) mass is 190 g/mol. The van der Waals surface area contributed by atoms with E-state index in [0.717, 1.165) is 0 Å². The van der Waals surface area contributed by atoms with E-state index < -0.39 is 24.6 Å². The van der Waals surface area contributed by atoms with Gasteiger partial charge in [-0.2, -0.15) is 0 Å². The molecule has 0 aromatic heterocycles. The van der Waals surface area contributed by atoms with Crippen molar-refractivity contribution in [3.05, 3.63) is 12.7 Å². The van der Waals surface area contributed by atoms with Gasteiger partial charge in [0.05, 0.1) is 13.2 Å². The van der Waals surface area contributed by atoms with Gasteiger partial charge in [0.25, 0.3) is 0 Å². The second kappa shape index (κ2) is 4.69. The standard InChI is InChI=1S/C8H14O5/c1-2-3-12-8-7(11)6(10)5(9)4-13-8/h2,5-11H,1,3-4H2/t5-,6+,7-,8?/m1/s1. The van der Waals surface area contributed by atoms with Crippen molar-refractivity contribution in [3.63, 3.8) is 0 Å². The normalized spacial score (nSPS) is 40.2. The fourth-order valence-electron chi connectivity index (χ4n) is 1.09. The van der Waals surface area contributed by atoms with Gasteiger partial charge in [0.1, 0.15) is 18.3 Å². The van der Waals surface area contributed by atoms with E-state index in [1.807, 2.05) is 0 Å². The summed E-state index contributed by atoms with van der Waals surface area (Å²) in [6, 6.07) is 0. The third kappa shape index (κ3) is 2.49. The SMILES string of the molecule is C=CCOC1OC[C@@H](O)[C@H](O)[C@H]1O. The van der Waals surface area contributed by atoms with Gasteiger partial charge < -0.3 is 24.8 Å². The molecule has 1 saturated heterocycles. The van der Waals surface area contributed by atoms with E-state index in [4.69, 9.17) is 14.6 Å². The van der Waals surface area contributed by atoms with Gasteiger partial charge in [0.15, 0.2) is 6.29 Å². The zero-order valence-corrected chi connectivity index (χ0v) is 7.17. The van der Waals surface area contributed by atoms with Gasteiger partial charge in [-0.25, -0.2) is 0 Å². The number of rotatable bonds is 3. The molecule has 1 rings (SSSR count). The van der Waals surface area contributed by atoms with Crippen LogP contribution in [-0.2, 0) is 9.47 Å². The van der Waals surface area contributed by atoms with E-state index in [1.54, 1.807) is 0 Å². The fourth-order valence-corrected chi connectivity index (χ4v) is 1.09. The third-order valence-corrected chi connectivity index (χ3v) is 1.83. The van der Waals surface area contributed by atoms with Crippen LogP contribution >= 0.6 is 0 Å². The maximum absolute atomic E-state index is 9.34. The van der Waals surface area contributed by atoms with Crippen molar-refractivity contribution in [2.75, 3.05) is 13.2 Å². The summed E-state index contributed by atoms with van der Waals surface area (Å²) in [5, 5.41) is 27.7. The molecule has 0 spiro atoms. The lowest BCUT2D eigenvalue weighted by Gasteiger charge is -2.34. The van der Waals surface area contributed by atoms with Crippen LogP contribution in [0.15, 0.2) is 12.7 Å². The highest BCUT2D eigenvalue weighted by Gasteiger charge is 2.37. The zero-order chi connectivity index (χ0) is 9.84. The van der Waals surface area contributed by atoms with Crippen LogP contribution < -0.4 is 0 Å². The molecular weight excluding hydrogens is 176 g/mol. The number of hydrogen-bond donors (Lipinski definition) is 3. The van der Waals surface area contributed by atoms with Crippen molar-refractivity contribution in [1.82, 2.24) is 0 Å². The predicted molar refractivity (Wildman–Crippen MR) is 43.9 cm³/mol. The van der Waals surface area contributed by atoms with Crippen molar-refractivity contribution in [2.24, 2.45) is 0 Å². The Bertz CT molecular complexity index is 172. The first-order chi connectivity index (χ1) is 6.16. The van der Waals surface area contributed by atoms with Crippen LogP contribution in [-0.4, -0.2) is 53.1 Å². The van der Waals surface area contributed by atoms with Gasteiger partial charge in [-0.3, -0.25) is 0 Å². The Hall–Kier alpha value is -0.460. The summed E-state index contributed by atoms with van der Waals surface area (Å²) in [4.78, 5) is 0. The van der Waals surface area contributed by atoms with E-state index in [-0.39, 0.29) is 13.2 Å². The van der Waals surface area contributed by atoms with Crippen LogP contribution in [0.2, 0.25) is 0 Å². The molecule has 76 valence electrons. The Balaban J connectivity index is 2.43. The van der Waals surface area contributed by atoms with E-state index in [0.29, 0.717) is 0 Å². The van der Waals surface area contributed by atoms with Gasteiger partial charge >= 0.3 is 0 Å². The predicted octanol–water partition coefficient (Wildman–Crippen LogP) is -1.37. The summed E-state index contributed by atoms with van der Waals surface area (Å²) in [5.41, 5.74) is 0. The molecule has 1 unspecified atom stereocenters. The van der Waals surface area contributed by atoms with Gasteiger partial charge in [0, 0.05) is 0 Å². The maximum Gasteiger partial charge on any atom is 0.186 e. The number of aliphatic hydroxyl groups excluding tert-OH is 3. The number of ether oxygens (including phenoxy) is 2. The molecule has 1 fully saturated rings. The van der Waals surface area contributed by atoms with E-state index in [2.05, 4.69) is 6.58 Å². The van der Waals surface area contributed by atoms with Crippen LogP contribution in [0.3, 0.4) is 0 Å². The molecule has 3 N–H and O–H groups in total. The van der Waals surface area contributed by atoms with Crippen molar-refractivity contribution in [2.45, 2.75) is 24.6 Å². The molecule has 0 aromatic rings. The Labute approximate surface area is 76.2 Å². The molecule has 0 aliphatic carbocycles. The molecule has 1 aliphatic rings. The lowest BCUT2D eigenvalue weighted by Crippen LogP contribution is -2.53. The van der Waals surface area contributed by atoms with Crippen molar-refractivity contribution >= 4 is 0 Å². The topological polar surface area (TPSA) is 79.2 Å². The largest absolute Gasteiger partial charge is 0.388 e. The summed E-state index contributed by atoms with van der Waals surface area (Å²) in [7, 11) is 0. The van der Waals surface area contributed by atoms with E-state index in [9.17, 15) is 10.2 Å². The molecule has 0 bridgehead atoms. The molecule has 5 heteroatoms. The maximum atomic E-state index is 9.34. The summed E-state index contributed by atoms with van der Waals surface area (Å²) < 4.78 is 9.95. The summed E-state index contributed by atoms with van der Waals surface area (Å²) in [5.74, 6) is 0. The van der Waals surface area contributed by atoms with E-state index in [1.165, 1.54) is 6.08 Å². The molecule has 13 heavy (non-hydrogen) atoms. The molecule has 0 saturated carbocycles. The average molecular weight is 190 g/mol. The summed E-state index contributed by atoms with van der Waals surface area (Å²) >= 11 is 0. The molecule has 0 amide bonds. The van der Waals surface area contributed by atoms with Crippen LogP contribution in [0.25, 0.3) is 0 Å². The Morgan fingerprint density at radius 1 is 1.38 bits per heavy atom. The number of hydrogen-bond acceptors (Lipinski definition) is 5. The van der Waals surface area contributed by atoms with Gasteiger partial charge in [-0.1, -0.05) is 6.08 Å². The van der Waals surface area contributed by atoms with Crippen LogP contribution in [0.1, 0.15) is 0 Å². The molecular formula is C8H14O5. The minimum absolute atomic E-state index is 0.0416. The van der Waals surface area contributed by atoms with Crippen LogP contribution in [0, 0.1) is 0 Å². The molecule has 0 aromatic carbocycles. The van der Waals surface area contributed by atoms with Crippen molar-refractivity contribution in [3.8, 4) is 0 Å². The molecule has 1 heterocycles. The molecule has 4 atom stereocenters. The molecule has 0 radical (unpaired) electrons. The highest BCUT2D eigenvalue weighted by Crippen LogP contribution is 2.16. The quantitative estimate of drug-likeness (QED) is 0.478. The molecule has 5 nitrogen and oxygen atoms in total. The van der Waals surface area contributed by atoms with Gasteiger partial charge in [-0.15, -0.1) is 6.58 Å². The summed E-state index contributed by atoms with van der Waals surface area (Å²) in [6.07, 6.45) is -2.88. The van der Waals surface area contributed by atoms with E-state index >= 15 is 0 Å². The summed E-state index contributed by atoms with van der Waals surface area (Å²) in [6.45, 7) is 3.62. The first-order valence-corrected chi connectivity index (χ1v) is 4.05. The Morgan fingerprint density at radius 2 is 2.08 bits per heavy atom. The second-order valence-corrected chi connectivity index (χ2v) is 2.87. The smallest absolute Gasteiger partial charge is 0.186 e. The second-order valence-electron chi connectivity index (χ2n) is 2.87. The van der Waals surface area contributed by atoms with Crippen LogP contribution in [0.5, 0.6) is 0 Å². The lowest BCUT2D eigenvalue weighted by molar-refractivity contribution is -0.266. The Morgan fingerprint density at radius 3 is 2.69 bits per heavy atom. The zero-order valence-electron chi connectivity index (χ0n) is 7.17. The molecule has 1 aliphatic heterocycles. The minimum atomic E-state index is -1.22. The van der Waals surface area contributed by atoms with Crippen molar-refractivity contribution < 1.29 is 24.8 Å². The number of aliphatic hydroxyl groups is 3. The average Bonchev–Trinajstić information content (AvgIpc) is 2.13. The van der Waals surface area contributed by atoms with Crippen molar-refractivity contribution in [1.29, 1.82) is 0 Å². The fraction of sp³-hybridized carbons (Fsp3) is 0.750. The van der Waals surface area contributed by atoms with Crippen LogP contribution in [0.4, 0.5) is 0 Å². The first kappa shape index (κ1) is 10.6. The first-order valence-electron chi connectivity index (χ1n) is 4.05.